The summed E-state index contributed by atoms with van der Waals surface area (Å²) in [4.78, 5) is 38.5. The molecule has 0 atom stereocenters. The standard InChI is InChI=1S/C33H45N5O3/c1-24(2)33-34-15-18-37(33)23-31(40)36-20-19-35(25(3)4)16-8-17-38(32-26(5)9-7-10-28(32)22-36)30(39)21-27-11-13-29(41-6)14-12-27/h7,9-15,18,24-25H,8,16-17,19-23H2,1-6H3. The van der Waals surface area contributed by atoms with E-state index in [2.05, 4.69) is 56.6 Å². The van der Waals surface area contributed by atoms with Gasteiger partial charge in [-0.1, -0.05) is 44.2 Å². The zero-order valence-electron chi connectivity index (χ0n) is 25.5. The third kappa shape index (κ3) is 7.55. The number of carbonyl (C=O) groups is 2. The molecule has 0 N–H and O–H groups in total. The quantitative estimate of drug-likeness (QED) is 0.406. The summed E-state index contributed by atoms with van der Waals surface area (Å²) in [5, 5.41) is 0. The topological polar surface area (TPSA) is 70.9 Å². The fourth-order valence-corrected chi connectivity index (χ4v) is 5.62. The molecule has 8 heteroatoms. The van der Waals surface area contributed by atoms with Gasteiger partial charge in [0.2, 0.25) is 11.8 Å². The number of hydrogen-bond donors (Lipinski definition) is 0. The molecule has 0 saturated heterocycles. The van der Waals surface area contributed by atoms with E-state index in [0.717, 1.165) is 53.5 Å². The molecule has 1 aliphatic heterocycles. The lowest BCUT2D eigenvalue weighted by molar-refractivity contribution is -0.132. The van der Waals surface area contributed by atoms with Gasteiger partial charge in [-0.05, 0) is 56.0 Å². The molecule has 4 rings (SSSR count). The second-order valence-electron chi connectivity index (χ2n) is 11.5. The molecule has 0 bridgehead atoms. The van der Waals surface area contributed by atoms with Gasteiger partial charge in [0.15, 0.2) is 0 Å². The van der Waals surface area contributed by atoms with Gasteiger partial charge in [0, 0.05) is 57.1 Å². The van der Waals surface area contributed by atoms with Crippen LogP contribution in [0.2, 0.25) is 0 Å². The number of nitrogens with zero attached hydrogens (tertiary/aromatic N) is 5. The van der Waals surface area contributed by atoms with Gasteiger partial charge in [-0.2, -0.15) is 0 Å². The van der Waals surface area contributed by atoms with Gasteiger partial charge in [-0.25, -0.2) is 4.98 Å². The van der Waals surface area contributed by atoms with Gasteiger partial charge in [0.1, 0.15) is 18.1 Å². The first-order valence-corrected chi connectivity index (χ1v) is 14.7. The predicted molar refractivity (Wildman–Crippen MR) is 163 cm³/mol. The van der Waals surface area contributed by atoms with Crippen LogP contribution in [-0.2, 0) is 29.1 Å². The Hall–Kier alpha value is -3.65. The lowest BCUT2D eigenvalue weighted by atomic mass is 10.0. The second kappa shape index (κ2) is 13.8. The minimum absolute atomic E-state index is 0.0522. The summed E-state index contributed by atoms with van der Waals surface area (Å²) in [6, 6.07) is 14.2. The minimum atomic E-state index is 0.0522. The molecule has 0 radical (unpaired) electrons. The monoisotopic (exact) mass is 559 g/mol. The molecule has 0 spiro atoms. The molecule has 2 aromatic carbocycles. The Morgan fingerprint density at radius 3 is 2.39 bits per heavy atom. The number of amides is 2. The number of carbonyl (C=O) groups excluding carboxylic acids is 2. The number of anilines is 1. The Labute approximate surface area is 244 Å². The van der Waals surface area contributed by atoms with Crippen LogP contribution in [0, 0.1) is 6.92 Å². The molecule has 0 aliphatic carbocycles. The number of fused-ring (bicyclic) bond motifs is 1. The van der Waals surface area contributed by atoms with E-state index in [1.165, 1.54) is 0 Å². The van der Waals surface area contributed by atoms with Gasteiger partial charge in [-0.3, -0.25) is 14.5 Å². The zero-order chi connectivity index (χ0) is 29.5. The fraction of sp³-hybridized carbons (Fsp3) is 0.485. The van der Waals surface area contributed by atoms with Crippen LogP contribution in [0.3, 0.4) is 0 Å². The second-order valence-corrected chi connectivity index (χ2v) is 11.5. The van der Waals surface area contributed by atoms with E-state index in [9.17, 15) is 9.59 Å². The average Bonchev–Trinajstić information content (AvgIpc) is 3.39. The molecule has 8 nitrogen and oxygen atoms in total. The molecule has 220 valence electrons. The predicted octanol–water partition coefficient (Wildman–Crippen LogP) is 5.04. The van der Waals surface area contributed by atoms with E-state index < -0.39 is 0 Å². The number of aromatic nitrogens is 2. The lowest BCUT2D eigenvalue weighted by Gasteiger charge is -2.30. The molecule has 2 heterocycles. The molecule has 0 fully saturated rings. The Bertz CT molecular complexity index is 1310. The van der Waals surface area contributed by atoms with Crippen molar-refractivity contribution in [1.29, 1.82) is 0 Å². The molecule has 1 aliphatic rings. The number of ether oxygens (including phenoxy) is 1. The molecule has 0 saturated carbocycles. The summed E-state index contributed by atoms with van der Waals surface area (Å²) >= 11 is 0. The van der Waals surface area contributed by atoms with Crippen molar-refractivity contribution in [2.24, 2.45) is 0 Å². The van der Waals surface area contributed by atoms with Gasteiger partial charge < -0.3 is 19.1 Å². The van der Waals surface area contributed by atoms with E-state index in [1.54, 1.807) is 13.3 Å². The van der Waals surface area contributed by atoms with Crippen LogP contribution in [0.4, 0.5) is 5.69 Å². The number of aryl methyl sites for hydroxylation is 1. The van der Waals surface area contributed by atoms with Crippen LogP contribution in [-0.4, -0.2) is 70.5 Å². The normalized spacial score (nSPS) is 15.1. The van der Waals surface area contributed by atoms with Crippen molar-refractivity contribution in [3.8, 4) is 5.75 Å². The van der Waals surface area contributed by atoms with Gasteiger partial charge >= 0.3 is 0 Å². The average molecular weight is 560 g/mol. The number of benzene rings is 2. The molecular formula is C33H45N5O3. The highest BCUT2D eigenvalue weighted by molar-refractivity contribution is 5.96. The van der Waals surface area contributed by atoms with E-state index in [1.807, 2.05) is 50.9 Å². The first-order valence-electron chi connectivity index (χ1n) is 14.7. The van der Waals surface area contributed by atoms with Crippen LogP contribution in [0.5, 0.6) is 5.75 Å². The summed E-state index contributed by atoms with van der Waals surface area (Å²) in [5.74, 6) is 2.01. The summed E-state index contributed by atoms with van der Waals surface area (Å²) in [6.45, 7) is 14.2. The number of methoxy groups -OCH3 is 1. The maximum atomic E-state index is 13.9. The molecule has 41 heavy (non-hydrogen) atoms. The van der Waals surface area contributed by atoms with Crippen LogP contribution in [0.15, 0.2) is 54.9 Å². The maximum absolute atomic E-state index is 13.9. The van der Waals surface area contributed by atoms with Crippen molar-refractivity contribution in [3.63, 3.8) is 0 Å². The Kier molecular flexibility index (Phi) is 10.2. The summed E-state index contributed by atoms with van der Waals surface area (Å²) in [5.41, 5.74) is 3.90. The maximum Gasteiger partial charge on any atom is 0.242 e. The first kappa shape index (κ1) is 30.3. The number of hydrogen-bond acceptors (Lipinski definition) is 5. The minimum Gasteiger partial charge on any atom is -0.497 e. The number of rotatable bonds is 7. The van der Waals surface area contributed by atoms with Crippen molar-refractivity contribution in [2.45, 2.75) is 72.5 Å². The molecule has 0 unspecified atom stereocenters. The molecule has 2 amide bonds. The first-order chi connectivity index (χ1) is 19.7. The SMILES string of the molecule is COc1ccc(CC(=O)N2CCCN(C(C)C)CCN(C(=O)Cn3ccnc3C(C)C)Cc3cccc(C)c32)cc1. The Morgan fingerprint density at radius 2 is 1.71 bits per heavy atom. The highest BCUT2D eigenvalue weighted by Gasteiger charge is 2.26. The van der Waals surface area contributed by atoms with Crippen LogP contribution in [0.1, 0.15) is 62.5 Å². The van der Waals surface area contributed by atoms with Crippen LogP contribution < -0.4 is 9.64 Å². The van der Waals surface area contributed by atoms with Crippen molar-refractivity contribution in [3.05, 3.63) is 77.4 Å². The summed E-state index contributed by atoms with van der Waals surface area (Å²) < 4.78 is 7.25. The molecule has 3 aromatic rings. The smallest absolute Gasteiger partial charge is 0.242 e. The van der Waals surface area contributed by atoms with Crippen molar-refractivity contribution >= 4 is 17.5 Å². The lowest BCUT2D eigenvalue weighted by Crippen LogP contribution is -2.42. The number of imidazole rings is 1. The van der Waals surface area contributed by atoms with E-state index in [4.69, 9.17) is 4.74 Å². The fourth-order valence-electron chi connectivity index (χ4n) is 5.62. The van der Waals surface area contributed by atoms with Gasteiger partial charge in [0.05, 0.1) is 19.2 Å². The van der Waals surface area contributed by atoms with Crippen molar-refractivity contribution in [1.82, 2.24) is 19.4 Å². The summed E-state index contributed by atoms with van der Waals surface area (Å²) in [6.07, 6.45) is 4.80. The Morgan fingerprint density at radius 1 is 0.951 bits per heavy atom. The highest BCUT2D eigenvalue weighted by atomic mass is 16.5. The highest BCUT2D eigenvalue weighted by Crippen LogP contribution is 2.29. The molecular weight excluding hydrogens is 514 g/mol. The largest absolute Gasteiger partial charge is 0.497 e. The van der Waals surface area contributed by atoms with Crippen molar-refractivity contribution in [2.75, 3.05) is 38.2 Å². The summed E-state index contributed by atoms with van der Waals surface area (Å²) in [7, 11) is 1.64. The Balaban J connectivity index is 1.67. The zero-order valence-corrected chi connectivity index (χ0v) is 25.5. The number of para-hydroxylation sites is 1. The van der Waals surface area contributed by atoms with E-state index >= 15 is 0 Å². The molecule has 1 aromatic heterocycles. The van der Waals surface area contributed by atoms with Crippen LogP contribution in [0.25, 0.3) is 0 Å². The van der Waals surface area contributed by atoms with Crippen molar-refractivity contribution < 1.29 is 14.3 Å². The van der Waals surface area contributed by atoms with Crippen LogP contribution >= 0.6 is 0 Å². The van der Waals surface area contributed by atoms with Gasteiger partial charge in [-0.15, -0.1) is 0 Å². The third-order valence-electron chi connectivity index (χ3n) is 7.90. The van der Waals surface area contributed by atoms with E-state index in [0.29, 0.717) is 32.1 Å². The van der Waals surface area contributed by atoms with Gasteiger partial charge in [0.25, 0.3) is 0 Å². The third-order valence-corrected chi connectivity index (χ3v) is 7.90. The van der Waals surface area contributed by atoms with E-state index in [-0.39, 0.29) is 24.3 Å².